The van der Waals surface area contributed by atoms with Gasteiger partial charge in [0.1, 0.15) is 6.04 Å². The van der Waals surface area contributed by atoms with Gasteiger partial charge < -0.3 is 10.8 Å². The van der Waals surface area contributed by atoms with Crippen LogP contribution in [0, 0.1) is 18.3 Å². The van der Waals surface area contributed by atoms with Crippen molar-refractivity contribution in [3.05, 3.63) is 34.9 Å². The molecule has 3 N–H and O–H groups in total. The number of nitriles is 1. The van der Waals surface area contributed by atoms with E-state index in [0.717, 1.165) is 11.1 Å². The minimum Gasteiger partial charge on any atom is -0.480 e. The zero-order chi connectivity index (χ0) is 12.8. The maximum Gasteiger partial charge on any atom is 0.321 e. The van der Waals surface area contributed by atoms with Crippen molar-refractivity contribution >= 4 is 17.7 Å². The number of aryl methyl sites for hydroxylation is 1. The van der Waals surface area contributed by atoms with E-state index in [0.29, 0.717) is 17.1 Å². The number of carboxylic acid groups (broad SMARTS) is 1. The van der Waals surface area contributed by atoms with Crippen LogP contribution in [0.5, 0.6) is 0 Å². The third-order valence-electron chi connectivity index (χ3n) is 2.34. The highest BCUT2D eigenvalue weighted by Crippen LogP contribution is 2.17. The summed E-state index contributed by atoms with van der Waals surface area (Å²) in [7, 11) is 0. The lowest BCUT2D eigenvalue weighted by Crippen LogP contribution is -2.32. The van der Waals surface area contributed by atoms with E-state index in [9.17, 15) is 4.79 Å². The third kappa shape index (κ3) is 4.10. The molecule has 0 aliphatic heterocycles. The maximum atomic E-state index is 10.5. The zero-order valence-corrected chi connectivity index (χ0v) is 10.3. The lowest BCUT2D eigenvalue weighted by molar-refractivity contribution is -0.137. The van der Waals surface area contributed by atoms with Gasteiger partial charge in [0.05, 0.1) is 11.6 Å². The monoisotopic (exact) mass is 250 g/mol. The predicted octanol–water partition coefficient (Wildman–Crippen LogP) is 1.51. The number of benzene rings is 1. The standard InChI is InChI=1S/C12H14N2O2S/c1-8-4-9(5-13)2-3-10(8)6-17-7-11(14)12(15)16/h2-4,11H,6-7,14H2,1H3,(H,15,16)/t11-/m1/s1. The molecule has 0 radical (unpaired) electrons. The maximum absolute atomic E-state index is 10.5. The Labute approximate surface area is 104 Å². The normalized spacial score (nSPS) is 11.8. The molecule has 0 aromatic heterocycles. The Balaban J connectivity index is 2.53. The number of nitrogens with two attached hydrogens (primary N) is 1. The highest BCUT2D eigenvalue weighted by atomic mass is 32.2. The van der Waals surface area contributed by atoms with Gasteiger partial charge in [0.25, 0.3) is 0 Å². The molecule has 90 valence electrons. The Morgan fingerprint density at radius 2 is 2.35 bits per heavy atom. The fourth-order valence-corrected chi connectivity index (χ4v) is 2.35. The van der Waals surface area contributed by atoms with E-state index in [1.54, 1.807) is 6.07 Å². The summed E-state index contributed by atoms with van der Waals surface area (Å²) in [5.74, 6) is 0.113. The molecule has 0 saturated carbocycles. The van der Waals surface area contributed by atoms with Crippen LogP contribution in [0.2, 0.25) is 0 Å². The Kier molecular flexibility index (Phi) is 5.01. The average Bonchev–Trinajstić information content (AvgIpc) is 2.30. The van der Waals surface area contributed by atoms with E-state index in [1.807, 2.05) is 19.1 Å². The van der Waals surface area contributed by atoms with Gasteiger partial charge in [-0.3, -0.25) is 4.79 Å². The Bertz CT molecular complexity index is 454. The molecule has 1 aromatic carbocycles. The van der Waals surface area contributed by atoms with E-state index in [1.165, 1.54) is 11.8 Å². The number of thioether (sulfide) groups is 1. The smallest absolute Gasteiger partial charge is 0.321 e. The molecule has 0 saturated heterocycles. The molecule has 0 aliphatic rings. The number of hydrogen-bond acceptors (Lipinski definition) is 4. The van der Waals surface area contributed by atoms with Crippen LogP contribution in [0.4, 0.5) is 0 Å². The van der Waals surface area contributed by atoms with E-state index in [4.69, 9.17) is 16.1 Å². The first-order valence-corrected chi connectivity index (χ1v) is 6.26. The van der Waals surface area contributed by atoms with Crippen molar-refractivity contribution in [2.24, 2.45) is 5.73 Å². The highest BCUT2D eigenvalue weighted by Gasteiger charge is 2.11. The van der Waals surface area contributed by atoms with Crippen LogP contribution >= 0.6 is 11.8 Å². The summed E-state index contributed by atoms with van der Waals surface area (Å²) in [4.78, 5) is 10.5. The van der Waals surface area contributed by atoms with Crippen LogP contribution in [0.15, 0.2) is 18.2 Å². The first kappa shape index (κ1) is 13.6. The van der Waals surface area contributed by atoms with Crippen LogP contribution in [-0.4, -0.2) is 22.9 Å². The van der Waals surface area contributed by atoms with Crippen LogP contribution < -0.4 is 5.73 Å². The van der Waals surface area contributed by atoms with Crippen molar-refractivity contribution in [3.8, 4) is 6.07 Å². The first-order valence-electron chi connectivity index (χ1n) is 5.10. The van der Waals surface area contributed by atoms with Gasteiger partial charge in [-0.05, 0) is 30.2 Å². The molecule has 17 heavy (non-hydrogen) atoms. The summed E-state index contributed by atoms with van der Waals surface area (Å²) in [5.41, 5.74) is 8.18. The lowest BCUT2D eigenvalue weighted by atomic mass is 10.1. The number of hydrogen-bond donors (Lipinski definition) is 2. The molecule has 0 fully saturated rings. The summed E-state index contributed by atoms with van der Waals surface area (Å²) in [6, 6.07) is 6.75. The second-order valence-corrected chi connectivity index (χ2v) is 4.74. The average molecular weight is 250 g/mol. The van der Waals surface area contributed by atoms with Gasteiger partial charge in [0.2, 0.25) is 0 Å². The van der Waals surface area contributed by atoms with Gasteiger partial charge >= 0.3 is 5.97 Å². The number of carbonyl (C=O) groups is 1. The van der Waals surface area contributed by atoms with Gasteiger partial charge in [-0.25, -0.2) is 0 Å². The zero-order valence-electron chi connectivity index (χ0n) is 9.51. The molecular weight excluding hydrogens is 236 g/mol. The number of carboxylic acids is 1. The van der Waals surface area contributed by atoms with E-state index >= 15 is 0 Å². The van der Waals surface area contributed by atoms with E-state index < -0.39 is 12.0 Å². The topological polar surface area (TPSA) is 87.1 Å². The number of nitrogens with zero attached hydrogens (tertiary/aromatic N) is 1. The summed E-state index contributed by atoms with van der Waals surface area (Å²) >= 11 is 1.48. The summed E-state index contributed by atoms with van der Waals surface area (Å²) in [6.45, 7) is 1.94. The summed E-state index contributed by atoms with van der Waals surface area (Å²) in [6.07, 6.45) is 0. The fraction of sp³-hybridized carbons (Fsp3) is 0.333. The van der Waals surface area contributed by atoms with Crippen molar-refractivity contribution < 1.29 is 9.90 Å². The van der Waals surface area contributed by atoms with Crippen molar-refractivity contribution in [2.75, 3.05) is 5.75 Å². The van der Waals surface area contributed by atoms with Gasteiger partial charge in [-0.1, -0.05) is 6.07 Å². The van der Waals surface area contributed by atoms with E-state index in [2.05, 4.69) is 6.07 Å². The molecule has 0 bridgehead atoms. The minimum atomic E-state index is -0.978. The molecule has 1 rings (SSSR count). The quantitative estimate of drug-likeness (QED) is 0.827. The SMILES string of the molecule is Cc1cc(C#N)ccc1CSC[C@@H](N)C(=O)O. The number of rotatable bonds is 5. The second-order valence-electron chi connectivity index (χ2n) is 3.71. The van der Waals surface area contributed by atoms with Crippen LogP contribution in [0.1, 0.15) is 16.7 Å². The first-order chi connectivity index (χ1) is 8.04. The van der Waals surface area contributed by atoms with Crippen LogP contribution in [-0.2, 0) is 10.5 Å². The molecule has 5 heteroatoms. The van der Waals surface area contributed by atoms with Crippen molar-refractivity contribution in [3.63, 3.8) is 0 Å². The second kappa shape index (κ2) is 6.28. The fourth-order valence-electron chi connectivity index (χ4n) is 1.29. The molecule has 0 spiro atoms. The van der Waals surface area contributed by atoms with Crippen molar-refractivity contribution in [1.82, 2.24) is 0 Å². The van der Waals surface area contributed by atoms with Crippen LogP contribution in [0.25, 0.3) is 0 Å². The van der Waals surface area contributed by atoms with Crippen molar-refractivity contribution in [1.29, 1.82) is 5.26 Å². The van der Waals surface area contributed by atoms with Gasteiger partial charge in [-0.2, -0.15) is 17.0 Å². The summed E-state index contributed by atoms with van der Waals surface area (Å²) < 4.78 is 0. The van der Waals surface area contributed by atoms with E-state index in [-0.39, 0.29) is 0 Å². The Hall–Kier alpha value is -1.51. The van der Waals surface area contributed by atoms with Gasteiger partial charge in [-0.15, -0.1) is 0 Å². The molecule has 0 amide bonds. The molecule has 0 heterocycles. The molecule has 0 unspecified atom stereocenters. The third-order valence-corrected chi connectivity index (χ3v) is 3.45. The molecule has 0 aliphatic carbocycles. The molecular formula is C12H14N2O2S. The largest absolute Gasteiger partial charge is 0.480 e. The van der Waals surface area contributed by atoms with Crippen LogP contribution in [0.3, 0.4) is 0 Å². The molecule has 4 nitrogen and oxygen atoms in total. The highest BCUT2D eigenvalue weighted by molar-refractivity contribution is 7.98. The lowest BCUT2D eigenvalue weighted by Gasteiger charge is -2.08. The predicted molar refractivity (Wildman–Crippen MR) is 67.7 cm³/mol. The minimum absolute atomic E-state index is 0.384. The van der Waals surface area contributed by atoms with Gasteiger partial charge in [0, 0.05) is 11.5 Å². The number of aliphatic carboxylic acids is 1. The molecule has 1 atom stereocenters. The van der Waals surface area contributed by atoms with Crippen molar-refractivity contribution in [2.45, 2.75) is 18.7 Å². The molecule has 1 aromatic rings. The van der Waals surface area contributed by atoms with Gasteiger partial charge in [0.15, 0.2) is 0 Å². The Morgan fingerprint density at radius 1 is 1.65 bits per heavy atom. The Morgan fingerprint density at radius 3 is 2.88 bits per heavy atom. The summed E-state index contributed by atoms with van der Waals surface area (Å²) in [5, 5.41) is 17.4.